The first-order valence-electron chi connectivity index (χ1n) is 6.62. The number of ether oxygens (including phenoxy) is 1. The zero-order valence-corrected chi connectivity index (χ0v) is 13.0. The largest absolute Gasteiger partial charge is 0.466 e. The summed E-state index contributed by atoms with van der Waals surface area (Å²) in [6.45, 7) is 6.27. The SMILES string of the molecule is CCOC(=O)CC(C)N(C)c1ncnc2sc(C)cc12. The minimum atomic E-state index is -0.182. The summed E-state index contributed by atoms with van der Waals surface area (Å²) < 4.78 is 4.99. The summed E-state index contributed by atoms with van der Waals surface area (Å²) >= 11 is 1.65. The molecule has 2 aromatic heterocycles. The maximum absolute atomic E-state index is 11.6. The van der Waals surface area contributed by atoms with Crippen LogP contribution in [0.5, 0.6) is 0 Å². The van der Waals surface area contributed by atoms with E-state index >= 15 is 0 Å². The zero-order chi connectivity index (χ0) is 14.7. The first-order chi connectivity index (χ1) is 9.52. The van der Waals surface area contributed by atoms with Crippen LogP contribution in [0.25, 0.3) is 10.2 Å². The summed E-state index contributed by atoms with van der Waals surface area (Å²) in [6, 6.07) is 2.11. The average molecular weight is 293 g/mol. The number of esters is 1. The van der Waals surface area contributed by atoms with Crippen LogP contribution >= 0.6 is 11.3 Å². The first kappa shape index (κ1) is 14.7. The molecule has 0 N–H and O–H groups in total. The number of anilines is 1. The van der Waals surface area contributed by atoms with Gasteiger partial charge in [-0.25, -0.2) is 9.97 Å². The van der Waals surface area contributed by atoms with Crippen molar-refractivity contribution in [1.82, 2.24) is 9.97 Å². The number of aryl methyl sites for hydroxylation is 1. The predicted molar refractivity (Wildman–Crippen MR) is 81.3 cm³/mol. The quantitative estimate of drug-likeness (QED) is 0.793. The minimum Gasteiger partial charge on any atom is -0.466 e. The third kappa shape index (κ3) is 3.07. The molecule has 5 nitrogen and oxygen atoms in total. The number of hydrogen-bond donors (Lipinski definition) is 0. The Morgan fingerprint density at radius 1 is 1.50 bits per heavy atom. The van der Waals surface area contributed by atoms with E-state index in [0.717, 1.165) is 16.0 Å². The van der Waals surface area contributed by atoms with E-state index in [1.54, 1.807) is 17.7 Å². The van der Waals surface area contributed by atoms with E-state index < -0.39 is 0 Å². The Labute approximate surface area is 122 Å². The topological polar surface area (TPSA) is 55.3 Å². The molecule has 0 aromatic carbocycles. The fourth-order valence-electron chi connectivity index (χ4n) is 2.05. The Hall–Kier alpha value is -1.69. The second-order valence-electron chi connectivity index (χ2n) is 4.74. The normalized spacial score (nSPS) is 12.4. The van der Waals surface area contributed by atoms with Gasteiger partial charge in [-0.3, -0.25) is 4.79 Å². The van der Waals surface area contributed by atoms with Gasteiger partial charge in [0.2, 0.25) is 0 Å². The van der Waals surface area contributed by atoms with E-state index in [9.17, 15) is 4.79 Å². The van der Waals surface area contributed by atoms with Gasteiger partial charge in [0.05, 0.1) is 18.4 Å². The van der Waals surface area contributed by atoms with Crippen molar-refractivity contribution in [3.8, 4) is 0 Å². The number of aromatic nitrogens is 2. The Bertz CT molecular complexity index is 611. The number of rotatable bonds is 5. The lowest BCUT2D eigenvalue weighted by molar-refractivity contribution is -0.143. The molecule has 2 aromatic rings. The van der Waals surface area contributed by atoms with Crippen LogP contribution in [0, 0.1) is 6.92 Å². The Morgan fingerprint density at radius 2 is 2.25 bits per heavy atom. The highest BCUT2D eigenvalue weighted by Gasteiger charge is 2.18. The Morgan fingerprint density at radius 3 is 2.95 bits per heavy atom. The lowest BCUT2D eigenvalue weighted by Gasteiger charge is -2.25. The molecule has 108 valence electrons. The molecule has 1 unspecified atom stereocenters. The van der Waals surface area contributed by atoms with Gasteiger partial charge in [0.25, 0.3) is 0 Å². The van der Waals surface area contributed by atoms with Crippen molar-refractivity contribution in [2.75, 3.05) is 18.6 Å². The van der Waals surface area contributed by atoms with E-state index in [2.05, 4.69) is 23.0 Å². The highest BCUT2D eigenvalue weighted by Crippen LogP contribution is 2.30. The number of carbonyl (C=O) groups is 1. The van der Waals surface area contributed by atoms with Crippen molar-refractivity contribution in [2.24, 2.45) is 0 Å². The van der Waals surface area contributed by atoms with Gasteiger partial charge in [0.15, 0.2) is 0 Å². The van der Waals surface area contributed by atoms with Crippen LogP contribution < -0.4 is 4.90 Å². The molecule has 0 radical (unpaired) electrons. The van der Waals surface area contributed by atoms with Gasteiger partial charge in [-0.05, 0) is 26.8 Å². The summed E-state index contributed by atoms with van der Waals surface area (Å²) in [4.78, 5) is 24.4. The van der Waals surface area contributed by atoms with Gasteiger partial charge in [-0.15, -0.1) is 11.3 Å². The van der Waals surface area contributed by atoms with Crippen molar-refractivity contribution < 1.29 is 9.53 Å². The molecule has 0 aliphatic carbocycles. The molecule has 2 rings (SSSR count). The van der Waals surface area contributed by atoms with Gasteiger partial charge >= 0.3 is 5.97 Å². The molecule has 0 aliphatic rings. The molecule has 0 fully saturated rings. The van der Waals surface area contributed by atoms with E-state index in [1.807, 2.05) is 25.8 Å². The van der Waals surface area contributed by atoms with Crippen LogP contribution in [0.4, 0.5) is 5.82 Å². The van der Waals surface area contributed by atoms with E-state index in [4.69, 9.17) is 4.74 Å². The third-order valence-corrected chi connectivity index (χ3v) is 4.15. The fourth-order valence-corrected chi connectivity index (χ4v) is 2.89. The third-order valence-electron chi connectivity index (χ3n) is 3.19. The Balaban J connectivity index is 2.22. The van der Waals surface area contributed by atoms with Gasteiger partial charge in [0.1, 0.15) is 17.0 Å². The highest BCUT2D eigenvalue weighted by molar-refractivity contribution is 7.18. The number of hydrogen-bond acceptors (Lipinski definition) is 6. The van der Waals surface area contributed by atoms with Gasteiger partial charge in [-0.1, -0.05) is 0 Å². The van der Waals surface area contributed by atoms with Crippen LogP contribution in [0.2, 0.25) is 0 Å². The van der Waals surface area contributed by atoms with Crippen molar-refractivity contribution in [1.29, 1.82) is 0 Å². The molecule has 2 heterocycles. The Kier molecular flexibility index (Phi) is 4.54. The maximum Gasteiger partial charge on any atom is 0.307 e. The van der Waals surface area contributed by atoms with Crippen LogP contribution in [0.15, 0.2) is 12.4 Å². The van der Waals surface area contributed by atoms with Crippen molar-refractivity contribution in [3.05, 3.63) is 17.3 Å². The molecule has 6 heteroatoms. The van der Waals surface area contributed by atoms with Crippen molar-refractivity contribution >= 4 is 33.3 Å². The highest BCUT2D eigenvalue weighted by atomic mass is 32.1. The monoisotopic (exact) mass is 293 g/mol. The van der Waals surface area contributed by atoms with Crippen LogP contribution in [0.3, 0.4) is 0 Å². The number of carbonyl (C=O) groups excluding carboxylic acids is 1. The molecule has 0 saturated heterocycles. The molecule has 0 spiro atoms. The van der Waals surface area contributed by atoms with Crippen molar-refractivity contribution in [2.45, 2.75) is 33.2 Å². The van der Waals surface area contributed by atoms with Crippen molar-refractivity contribution in [3.63, 3.8) is 0 Å². The summed E-state index contributed by atoms with van der Waals surface area (Å²) in [6.07, 6.45) is 1.92. The maximum atomic E-state index is 11.6. The first-order valence-corrected chi connectivity index (χ1v) is 7.44. The summed E-state index contributed by atoms with van der Waals surface area (Å²) in [5.41, 5.74) is 0. The summed E-state index contributed by atoms with van der Waals surface area (Å²) in [7, 11) is 1.94. The van der Waals surface area contributed by atoms with Gasteiger partial charge < -0.3 is 9.64 Å². The van der Waals surface area contributed by atoms with E-state index in [1.165, 1.54) is 4.88 Å². The summed E-state index contributed by atoms with van der Waals surface area (Å²) in [5, 5.41) is 1.04. The minimum absolute atomic E-state index is 0.0207. The summed E-state index contributed by atoms with van der Waals surface area (Å²) in [5.74, 6) is 0.676. The molecule has 0 amide bonds. The van der Waals surface area contributed by atoms with Crippen LogP contribution in [0.1, 0.15) is 25.1 Å². The lowest BCUT2D eigenvalue weighted by Crippen LogP contribution is -2.32. The second kappa shape index (κ2) is 6.17. The molecule has 1 atom stereocenters. The van der Waals surface area contributed by atoms with E-state index in [-0.39, 0.29) is 12.0 Å². The average Bonchev–Trinajstić information content (AvgIpc) is 2.77. The number of thiophene rings is 1. The smallest absolute Gasteiger partial charge is 0.307 e. The molecular formula is C14H19N3O2S. The lowest BCUT2D eigenvalue weighted by atomic mass is 10.2. The van der Waals surface area contributed by atoms with Crippen LogP contribution in [-0.4, -0.2) is 35.6 Å². The fraction of sp³-hybridized carbons (Fsp3) is 0.500. The molecule has 0 bridgehead atoms. The molecule has 0 saturated carbocycles. The van der Waals surface area contributed by atoms with Gasteiger partial charge in [0, 0.05) is 18.0 Å². The zero-order valence-electron chi connectivity index (χ0n) is 12.2. The second-order valence-corrected chi connectivity index (χ2v) is 5.98. The standard InChI is InChI=1S/C14H19N3O2S/c1-5-19-12(18)6-9(2)17(4)13-11-7-10(3)20-14(11)16-8-15-13/h7-9H,5-6H2,1-4H3. The number of fused-ring (bicyclic) bond motifs is 1. The predicted octanol–water partition coefficient (Wildman–Crippen LogP) is 2.78. The molecule has 20 heavy (non-hydrogen) atoms. The van der Waals surface area contributed by atoms with Gasteiger partial charge in [-0.2, -0.15) is 0 Å². The van der Waals surface area contributed by atoms with Crippen LogP contribution in [-0.2, 0) is 9.53 Å². The number of nitrogens with zero attached hydrogens (tertiary/aromatic N) is 3. The molecular weight excluding hydrogens is 274 g/mol. The molecule has 0 aliphatic heterocycles. The van der Waals surface area contributed by atoms with E-state index in [0.29, 0.717) is 13.0 Å².